The van der Waals surface area contributed by atoms with E-state index in [1.165, 1.54) is 0 Å². The molecule has 0 unspecified atom stereocenters. The predicted octanol–water partition coefficient (Wildman–Crippen LogP) is -1.45. The molecule has 1 aromatic rings. The molecule has 11 heavy (non-hydrogen) atoms. The van der Waals surface area contributed by atoms with Crippen molar-refractivity contribution in [1.82, 2.24) is 0 Å². The first-order chi connectivity index (χ1) is 4.74. The van der Waals surface area contributed by atoms with Crippen molar-refractivity contribution in [3.8, 4) is 6.07 Å². The van der Waals surface area contributed by atoms with Gasteiger partial charge in [0.15, 0.2) is 0 Å². The maximum absolute atomic E-state index is 8.42. The van der Waals surface area contributed by atoms with Gasteiger partial charge in [-0.15, -0.1) is 12.6 Å². The molecule has 0 amide bonds. The van der Waals surface area contributed by atoms with Gasteiger partial charge in [0.05, 0.1) is 11.6 Å². The van der Waals surface area contributed by atoms with Crippen molar-refractivity contribution in [2.24, 2.45) is 0 Å². The van der Waals surface area contributed by atoms with Crippen LogP contribution in [0, 0.1) is 11.3 Å². The van der Waals surface area contributed by atoms with Crippen molar-refractivity contribution in [2.75, 3.05) is 5.73 Å². The normalized spacial score (nSPS) is 8.00. The second-order valence-electron chi connectivity index (χ2n) is 1.89. The van der Waals surface area contributed by atoms with Gasteiger partial charge in [-0.05, 0) is 18.2 Å². The largest absolute Gasteiger partial charge is 1.00 e. The smallest absolute Gasteiger partial charge is 1.00 e. The molecule has 0 aliphatic heterocycles. The van der Waals surface area contributed by atoms with E-state index in [0.29, 0.717) is 16.1 Å². The summed E-state index contributed by atoms with van der Waals surface area (Å²) in [5.74, 6) is 0. The number of nitrogen functional groups attached to an aromatic ring is 1. The molecule has 0 bridgehead atoms. The first kappa shape index (κ1) is 10.9. The Kier molecular flexibility index (Phi) is 4.62. The number of benzene rings is 1. The van der Waals surface area contributed by atoms with Gasteiger partial charge in [0.1, 0.15) is 0 Å². The molecule has 0 aromatic heterocycles. The van der Waals surface area contributed by atoms with Gasteiger partial charge >= 0.3 is 29.6 Å². The first-order valence-corrected chi connectivity index (χ1v) is 3.17. The van der Waals surface area contributed by atoms with Crippen molar-refractivity contribution in [3.05, 3.63) is 23.8 Å². The topological polar surface area (TPSA) is 49.8 Å². The Morgan fingerprint density at radius 3 is 2.64 bits per heavy atom. The summed E-state index contributed by atoms with van der Waals surface area (Å²) in [6, 6.07) is 6.97. The third kappa shape index (κ3) is 2.76. The fourth-order valence-corrected chi connectivity index (χ4v) is 0.763. The van der Waals surface area contributed by atoms with E-state index in [-0.39, 0.29) is 31.0 Å². The Bertz CT molecular complexity index is 298. The average molecular weight is 174 g/mol. The summed E-state index contributed by atoms with van der Waals surface area (Å²) in [6.07, 6.45) is 0. The second kappa shape index (κ2) is 4.68. The molecule has 1 aromatic carbocycles. The quantitative estimate of drug-likeness (QED) is 0.287. The van der Waals surface area contributed by atoms with Crippen LogP contribution in [0.4, 0.5) is 5.69 Å². The summed E-state index contributed by atoms with van der Waals surface area (Å²) in [5.41, 5.74) is 6.58. The van der Waals surface area contributed by atoms with Crippen LogP contribution in [0.3, 0.4) is 0 Å². The Balaban J connectivity index is 0. The SMILES string of the molecule is N#Cc1ccc(S)c(N)c1.[H-].[Na+]. The van der Waals surface area contributed by atoms with Crippen LogP contribution in [-0.4, -0.2) is 0 Å². The summed E-state index contributed by atoms with van der Waals surface area (Å²) >= 11 is 4.05. The molecule has 0 spiro atoms. The average Bonchev–Trinajstić information content (AvgIpc) is 1.95. The molecule has 0 atom stereocenters. The maximum atomic E-state index is 8.42. The van der Waals surface area contributed by atoms with Gasteiger partial charge in [-0.1, -0.05) is 0 Å². The number of rotatable bonds is 0. The number of nitrogens with two attached hydrogens (primary N) is 1. The number of nitrogens with zero attached hydrogens (tertiary/aromatic N) is 1. The minimum Gasteiger partial charge on any atom is -1.00 e. The molecule has 0 heterocycles. The van der Waals surface area contributed by atoms with Gasteiger partial charge < -0.3 is 7.16 Å². The Morgan fingerprint density at radius 2 is 2.18 bits per heavy atom. The van der Waals surface area contributed by atoms with Gasteiger partial charge in [0.2, 0.25) is 0 Å². The second-order valence-corrected chi connectivity index (χ2v) is 2.37. The monoisotopic (exact) mass is 174 g/mol. The fraction of sp³-hybridized carbons (Fsp3) is 0. The standard InChI is InChI=1S/C7H6N2S.Na.H/c8-4-5-1-2-7(10)6(9)3-5;;/h1-3,10H,9H2;;/q;+1;-1. The van der Waals surface area contributed by atoms with E-state index in [1.54, 1.807) is 18.2 Å². The van der Waals surface area contributed by atoms with E-state index in [4.69, 9.17) is 11.0 Å². The number of thiol groups is 1. The Hall–Kier alpha value is -0.140. The Morgan fingerprint density at radius 1 is 1.55 bits per heavy atom. The van der Waals surface area contributed by atoms with E-state index in [2.05, 4.69) is 12.6 Å². The zero-order chi connectivity index (χ0) is 7.56. The van der Waals surface area contributed by atoms with Gasteiger partial charge in [-0.2, -0.15) is 5.26 Å². The number of nitriles is 1. The molecular formula is C7H7N2NaS. The van der Waals surface area contributed by atoms with Crippen LogP contribution in [-0.2, 0) is 0 Å². The van der Waals surface area contributed by atoms with Crippen molar-refractivity contribution >= 4 is 18.3 Å². The molecule has 2 nitrogen and oxygen atoms in total. The molecule has 0 aliphatic carbocycles. The van der Waals surface area contributed by atoms with E-state index < -0.39 is 0 Å². The van der Waals surface area contributed by atoms with Crippen molar-refractivity contribution < 1.29 is 31.0 Å². The van der Waals surface area contributed by atoms with Gasteiger partial charge in [0, 0.05) is 10.6 Å². The van der Waals surface area contributed by atoms with Gasteiger partial charge in [-0.3, -0.25) is 0 Å². The van der Waals surface area contributed by atoms with Crippen LogP contribution in [0.5, 0.6) is 0 Å². The van der Waals surface area contributed by atoms with E-state index in [9.17, 15) is 0 Å². The minimum atomic E-state index is 0. The van der Waals surface area contributed by atoms with Crippen LogP contribution in [0.2, 0.25) is 0 Å². The molecule has 0 aliphatic rings. The molecule has 0 radical (unpaired) electrons. The minimum absolute atomic E-state index is 0. The van der Waals surface area contributed by atoms with E-state index in [1.807, 2.05) is 6.07 Å². The van der Waals surface area contributed by atoms with Crippen molar-refractivity contribution in [3.63, 3.8) is 0 Å². The zero-order valence-corrected chi connectivity index (χ0v) is 9.10. The summed E-state index contributed by atoms with van der Waals surface area (Å²) in [7, 11) is 0. The molecule has 0 saturated carbocycles. The summed E-state index contributed by atoms with van der Waals surface area (Å²) in [5, 5.41) is 8.42. The third-order valence-corrected chi connectivity index (χ3v) is 1.56. The first-order valence-electron chi connectivity index (χ1n) is 2.72. The van der Waals surface area contributed by atoms with E-state index in [0.717, 1.165) is 0 Å². The number of hydrogen-bond acceptors (Lipinski definition) is 3. The predicted molar refractivity (Wildman–Crippen MR) is 43.9 cm³/mol. The van der Waals surface area contributed by atoms with Crippen molar-refractivity contribution in [1.29, 1.82) is 5.26 Å². The zero-order valence-electron chi connectivity index (χ0n) is 7.20. The number of anilines is 1. The molecule has 0 saturated heterocycles. The molecule has 0 fully saturated rings. The van der Waals surface area contributed by atoms with Crippen LogP contribution in [0.15, 0.2) is 23.1 Å². The van der Waals surface area contributed by atoms with Crippen LogP contribution < -0.4 is 35.3 Å². The molecule has 4 heteroatoms. The van der Waals surface area contributed by atoms with Crippen LogP contribution in [0.25, 0.3) is 0 Å². The van der Waals surface area contributed by atoms with Gasteiger partial charge in [0.25, 0.3) is 0 Å². The molecule has 2 N–H and O–H groups in total. The molecule has 1 rings (SSSR count). The van der Waals surface area contributed by atoms with Crippen LogP contribution >= 0.6 is 12.6 Å². The summed E-state index contributed by atoms with van der Waals surface area (Å²) in [6.45, 7) is 0. The molecule has 52 valence electrons. The van der Waals surface area contributed by atoms with Gasteiger partial charge in [-0.25, -0.2) is 0 Å². The maximum Gasteiger partial charge on any atom is 1.00 e. The number of hydrogen-bond donors (Lipinski definition) is 2. The molecular weight excluding hydrogens is 167 g/mol. The van der Waals surface area contributed by atoms with Crippen LogP contribution in [0.1, 0.15) is 6.99 Å². The fourth-order valence-electron chi connectivity index (χ4n) is 0.624. The van der Waals surface area contributed by atoms with Crippen molar-refractivity contribution in [2.45, 2.75) is 4.90 Å². The summed E-state index contributed by atoms with van der Waals surface area (Å²) < 4.78 is 0. The summed E-state index contributed by atoms with van der Waals surface area (Å²) in [4.78, 5) is 0.707. The Labute approximate surface area is 94.6 Å². The van der Waals surface area contributed by atoms with E-state index >= 15 is 0 Å². The third-order valence-electron chi connectivity index (χ3n) is 1.16.